The summed E-state index contributed by atoms with van der Waals surface area (Å²) < 4.78 is 5.61. The first-order valence-electron chi connectivity index (χ1n) is 10.1. The molecule has 0 aromatic heterocycles. The molecule has 0 heterocycles. The Morgan fingerprint density at radius 3 is 2.30 bits per heavy atom. The molecule has 8 nitrogen and oxygen atoms in total. The average Bonchev–Trinajstić information content (AvgIpc) is 2.75. The van der Waals surface area contributed by atoms with Gasteiger partial charge in [0.1, 0.15) is 11.8 Å². The lowest BCUT2D eigenvalue weighted by atomic mass is 10.0. The largest absolute Gasteiger partial charge is 0.479 e. The molecule has 176 valence electrons. The molecule has 0 fully saturated rings. The minimum Gasteiger partial charge on any atom is -0.479 e. The predicted octanol–water partition coefficient (Wildman–Crippen LogP) is 4.14. The number of benzene rings is 2. The van der Waals surface area contributed by atoms with Gasteiger partial charge in [0, 0.05) is 5.02 Å². The summed E-state index contributed by atoms with van der Waals surface area (Å²) in [6.45, 7) is 5.39. The van der Waals surface area contributed by atoms with Gasteiger partial charge in [0.05, 0.1) is 16.8 Å². The van der Waals surface area contributed by atoms with Crippen molar-refractivity contribution >= 4 is 47.2 Å². The van der Waals surface area contributed by atoms with Crippen LogP contribution in [-0.2, 0) is 9.59 Å². The molecule has 2 amide bonds. The SMILES string of the molecule is CC(C)C[C@H](NC(=O)[C@H](C)Oc1ccc(Cl)cc1Cl)C(=O)N/N=C\c1ccc(C(=O)O)cc1. The van der Waals surface area contributed by atoms with Gasteiger partial charge in [0.15, 0.2) is 6.10 Å². The Morgan fingerprint density at radius 1 is 1.06 bits per heavy atom. The van der Waals surface area contributed by atoms with Crippen LogP contribution in [0.15, 0.2) is 47.6 Å². The Balaban J connectivity index is 1.99. The fourth-order valence-electron chi connectivity index (χ4n) is 2.77. The molecule has 2 aromatic rings. The van der Waals surface area contributed by atoms with Gasteiger partial charge in [0.2, 0.25) is 0 Å². The summed E-state index contributed by atoms with van der Waals surface area (Å²) in [4.78, 5) is 36.2. The lowest BCUT2D eigenvalue weighted by Crippen LogP contribution is -2.49. The molecule has 0 bridgehead atoms. The van der Waals surface area contributed by atoms with Crippen LogP contribution < -0.4 is 15.5 Å². The van der Waals surface area contributed by atoms with Crippen molar-refractivity contribution in [1.82, 2.24) is 10.7 Å². The summed E-state index contributed by atoms with van der Waals surface area (Å²) in [6, 6.07) is 9.81. The lowest BCUT2D eigenvalue weighted by molar-refractivity contribution is -0.132. The van der Waals surface area contributed by atoms with Crippen molar-refractivity contribution in [2.24, 2.45) is 11.0 Å². The van der Waals surface area contributed by atoms with Crippen molar-refractivity contribution in [3.8, 4) is 5.75 Å². The van der Waals surface area contributed by atoms with Crippen LogP contribution in [0.5, 0.6) is 5.75 Å². The fourth-order valence-corrected chi connectivity index (χ4v) is 3.22. The van der Waals surface area contributed by atoms with E-state index < -0.39 is 29.9 Å². The van der Waals surface area contributed by atoms with Crippen molar-refractivity contribution in [2.75, 3.05) is 0 Å². The molecule has 0 spiro atoms. The van der Waals surface area contributed by atoms with Crippen LogP contribution in [0.3, 0.4) is 0 Å². The summed E-state index contributed by atoms with van der Waals surface area (Å²) in [7, 11) is 0. The monoisotopic (exact) mass is 493 g/mol. The molecule has 2 rings (SSSR count). The number of hydrogen-bond acceptors (Lipinski definition) is 5. The van der Waals surface area contributed by atoms with E-state index in [0.29, 0.717) is 22.8 Å². The number of carboxylic acids is 1. The molecule has 10 heteroatoms. The van der Waals surface area contributed by atoms with E-state index in [-0.39, 0.29) is 16.5 Å². The summed E-state index contributed by atoms with van der Waals surface area (Å²) in [6.07, 6.45) is 0.850. The zero-order chi connectivity index (χ0) is 24.5. The second kappa shape index (κ2) is 12.2. The Bertz CT molecular complexity index is 1030. The Morgan fingerprint density at radius 2 is 1.73 bits per heavy atom. The van der Waals surface area contributed by atoms with Crippen molar-refractivity contribution in [2.45, 2.75) is 39.3 Å². The number of hydrogen-bond donors (Lipinski definition) is 3. The molecule has 33 heavy (non-hydrogen) atoms. The second-order valence-electron chi connectivity index (χ2n) is 7.69. The molecule has 0 aliphatic rings. The van der Waals surface area contributed by atoms with Crippen LogP contribution in [0.1, 0.15) is 43.1 Å². The molecule has 0 saturated carbocycles. The van der Waals surface area contributed by atoms with E-state index in [1.165, 1.54) is 24.4 Å². The van der Waals surface area contributed by atoms with Gasteiger partial charge in [0.25, 0.3) is 11.8 Å². The third-order valence-corrected chi connectivity index (χ3v) is 4.98. The molecule has 2 atom stereocenters. The van der Waals surface area contributed by atoms with Crippen LogP contribution in [0.4, 0.5) is 0 Å². The van der Waals surface area contributed by atoms with E-state index in [4.69, 9.17) is 33.0 Å². The van der Waals surface area contributed by atoms with Crippen molar-refractivity contribution < 1.29 is 24.2 Å². The molecular formula is C23H25Cl2N3O5. The number of hydrazone groups is 1. The van der Waals surface area contributed by atoms with E-state index >= 15 is 0 Å². The number of rotatable bonds is 10. The first-order valence-corrected chi connectivity index (χ1v) is 10.9. The maximum atomic E-state index is 12.6. The Labute approximate surface area is 201 Å². The number of carbonyl (C=O) groups is 3. The maximum absolute atomic E-state index is 12.6. The van der Waals surface area contributed by atoms with Crippen LogP contribution in [0.2, 0.25) is 10.0 Å². The van der Waals surface area contributed by atoms with E-state index in [0.717, 1.165) is 0 Å². The molecule has 0 aliphatic heterocycles. The van der Waals surface area contributed by atoms with Crippen LogP contribution in [-0.4, -0.2) is 41.3 Å². The van der Waals surface area contributed by atoms with Gasteiger partial charge in [-0.15, -0.1) is 0 Å². The van der Waals surface area contributed by atoms with Crippen LogP contribution >= 0.6 is 23.2 Å². The zero-order valence-corrected chi connectivity index (χ0v) is 19.9. The smallest absolute Gasteiger partial charge is 0.335 e. The number of halogens is 2. The number of nitrogens with zero attached hydrogens (tertiary/aromatic N) is 1. The Kier molecular flexibility index (Phi) is 9.69. The highest BCUT2D eigenvalue weighted by atomic mass is 35.5. The number of nitrogens with one attached hydrogen (secondary N) is 2. The van der Waals surface area contributed by atoms with E-state index in [1.54, 1.807) is 31.2 Å². The van der Waals surface area contributed by atoms with E-state index in [1.807, 2.05) is 13.8 Å². The molecule has 3 N–H and O–H groups in total. The minimum absolute atomic E-state index is 0.121. The number of carbonyl (C=O) groups excluding carboxylic acids is 2. The molecule has 2 aromatic carbocycles. The van der Waals surface area contributed by atoms with Crippen molar-refractivity contribution in [3.63, 3.8) is 0 Å². The van der Waals surface area contributed by atoms with Crippen molar-refractivity contribution in [3.05, 3.63) is 63.6 Å². The van der Waals surface area contributed by atoms with Gasteiger partial charge in [-0.25, -0.2) is 10.2 Å². The molecule has 0 unspecified atom stereocenters. The predicted molar refractivity (Wildman–Crippen MR) is 127 cm³/mol. The van der Waals surface area contributed by atoms with Gasteiger partial charge < -0.3 is 15.2 Å². The van der Waals surface area contributed by atoms with E-state index in [2.05, 4.69) is 15.8 Å². The van der Waals surface area contributed by atoms with E-state index in [9.17, 15) is 14.4 Å². The lowest BCUT2D eigenvalue weighted by Gasteiger charge is -2.22. The maximum Gasteiger partial charge on any atom is 0.335 e. The highest BCUT2D eigenvalue weighted by Gasteiger charge is 2.25. The second-order valence-corrected chi connectivity index (χ2v) is 8.53. The molecule has 0 saturated heterocycles. The summed E-state index contributed by atoms with van der Waals surface area (Å²) in [5.41, 5.74) is 3.16. The number of aromatic carboxylic acids is 1. The van der Waals surface area contributed by atoms with Crippen molar-refractivity contribution in [1.29, 1.82) is 0 Å². The standard InChI is InChI=1S/C23H25Cl2N3O5/c1-13(2)10-19(22(30)28-26-12-15-4-6-16(7-5-15)23(31)32)27-21(29)14(3)33-20-9-8-17(24)11-18(20)25/h4-9,11-14,19H,10H2,1-3H3,(H,27,29)(H,28,30)(H,31,32)/b26-12-/t14-,19-/m0/s1. The normalized spacial score (nSPS) is 12.9. The minimum atomic E-state index is -1.03. The third-order valence-electron chi connectivity index (χ3n) is 4.45. The van der Waals surface area contributed by atoms with Gasteiger partial charge in [-0.05, 0) is 55.2 Å². The van der Waals surface area contributed by atoms with Crippen LogP contribution in [0.25, 0.3) is 0 Å². The van der Waals surface area contributed by atoms with Crippen LogP contribution in [0, 0.1) is 5.92 Å². The molecule has 0 radical (unpaired) electrons. The molecular weight excluding hydrogens is 469 g/mol. The summed E-state index contributed by atoms with van der Waals surface area (Å²) in [5.74, 6) is -1.60. The highest BCUT2D eigenvalue weighted by molar-refractivity contribution is 6.35. The zero-order valence-electron chi connectivity index (χ0n) is 18.3. The quantitative estimate of drug-likeness (QED) is 0.339. The average molecular weight is 494 g/mol. The van der Waals surface area contributed by atoms with Gasteiger partial charge in [-0.1, -0.05) is 49.2 Å². The first kappa shape index (κ1) is 26.2. The Hall–Kier alpha value is -3.10. The summed E-state index contributed by atoms with van der Waals surface area (Å²) in [5, 5.41) is 16.2. The third kappa shape index (κ3) is 8.40. The number of carboxylic acid groups (broad SMARTS) is 1. The number of ether oxygens (including phenoxy) is 1. The highest BCUT2D eigenvalue weighted by Crippen LogP contribution is 2.28. The number of amides is 2. The fraction of sp³-hybridized carbons (Fsp3) is 0.304. The van der Waals surface area contributed by atoms with Gasteiger partial charge in [-0.2, -0.15) is 5.10 Å². The topological polar surface area (TPSA) is 117 Å². The van der Waals surface area contributed by atoms with Gasteiger partial charge in [-0.3, -0.25) is 9.59 Å². The summed E-state index contributed by atoms with van der Waals surface area (Å²) >= 11 is 12.0. The molecule has 0 aliphatic carbocycles. The first-order chi connectivity index (χ1) is 15.6. The van der Waals surface area contributed by atoms with Gasteiger partial charge >= 0.3 is 5.97 Å².